The summed E-state index contributed by atoms with van der Waals surface area (Å²) >= 11 is 0. The van der Waals surface area contributed by atoms with Gasteiger partial charge in [-0.05, 0) is 48.0 Å². The zero-order chi connectivity index (χ0) is 16.2. The summed E-state index contributed by atoms with van der Waals surface area (Å²) < 4.78 is 10.5. The molecule has 0 aliphatic heterocycles. The van der Waals surface area contributed by atoms with E-state index in [0.717, 1.165) is 0 Å². The molecule has 0 aromatic carbocycles. The molecule has 0 aliphatic carbocycles. The molecule has 0 aromatic heterocycles. The molecule has 0 aliphatic rings. The lowest BCUT2D eigenvalue weighted by Crippen LogP contribution is -2.52. The highest BCUT2D eigenvalue weighted by Gasteiger charge is 2.37. The minimum absolute atomic E-state index is 0.209. The quantitative estimate of drug-likeness (QED) is 0.785. The Morgan fingerprint density at radius 2 is 1.60 bits per heavy atom. The smallest absolute Gasteiger partial charge is 0.408 e. The van der Waals surface area contributed by atoms with Crippen LogP contribution in [0.4, 0.5) is 4.79 Å². The molecule has 0 bridgehead atoms. The molecular weight excluding hydrogens is 262 g/mol. The first-order valence-corrected chi connectivity index (χ1v) is 6.57. The molecule has 0 radical (unpaired) electrons. The van der Waals surface area contributed by atoms with Crippen LogP contribution in [-0.2, 0) is 14.3 Å². The third-order valence-electron chi connectivity index (χ3n) is 2.71. The van der Waals surface area contributed by atoms with Crippen molar-refractivity contribution in [3.8, 4) is 0 Å². The minimum Gasteiger partial charge on any atom is -0.481 e. The van der Waals surface area contributed by atoms with Gasteiger partial charge in [-0.2, -0.15) is 0 Å². The van der Waals surface area contributed by atoms with Gasteiger partial charge in [0.2, 0.25) is 0 Å². The molecular formula is C14H27NO5. The molecule has 118 valence electrons. The van der Waals surface area contributed by atoms with Crippen molar-refractivity contribution >= 4 is 12.1 Å². The number of rotatable bonds is 6. The van der Waals surface area contributed by atoms with E-state index >= 15 is 0 Å². The third kappa shape index (κ3) is 7.99. The number of ether oxygens (including phenoxy) is 2. The number of amides is 1. The highest BCUT2D eigenvalue weighted by Crippen LogP contribution is 2.26. The van der Waals surface area contributed by atoms with Gasteiger partial charge in [0, 0.05) is 7.11 Å². The van der Waals surface area contributed by atoms with E-state index in [1.54, 1.807) is 34.8 Å². The Balaban J connectivity index is 4.96. The van der Waals surface area contributed by atoms with Crippen molar-refractivity contribution in [1.82, 2.24) is 5.32 Å². The molecule has 0 fully saturated rings. The minimum atomic E-state index is -0.990. The van der Waals surface area contributed by atoms with Crippen molar-refractivity contribution in [2.45, 2.75) is 71.1 Å². The Morgan fingerprint density at radius 3 is 1.95 bits per heavy atom. The highest BCUT2D eigenvalue weighted by atomic mass is 16.6. The summed E-state index contributed by atoms with van der Waals surface area (Å²) in [6.07, 6.45) is -0.491. The van der Waals surface area contributed by atoms with Crippen LogP contribution in [0.1, 0.15) is 54.4 Å². The summed E-state index contributed by atoms with van der Waals surface area (Å²) in [7, 11) is 1.55. The maximum Gasteiger partial charge on any atom is 0.408 e. The number of carbonyl (C=O) groups excluding carboxylic acids is 1. The van der Waals surface area contributed by atoms with E-state index in [1.807, 2.05) is 13.8 Å². The Labute approximate surface area is 120 Å². The molecule has 6 nitrogen and oxygen atoms in total. The molecule has 0 spiro atoms. The summed E-state index contributed by atoms with van der Waals surface area (Å²) in [6.45, 7) is 10.6. The van der Waals surface area contributed by atoms with E-state index in [1.165, 1.54) is 0 Å². The molecule has 1 amide bonds. The van der Waals surface area contributed by atoms with E-state index in [4.69, 9.17) is 14.6 Å². The second-order valence-corrected chi connectivity index (χ2v) is 6.90. The van der Waals surface area contributed by atoms with Gasteiger partial charge in [0.15, 0.2) is 0 Å². The van der Waals surface area contributed by atoms with Crippen LogP contribution < -0.4 is 5.32 Å². The highest BCUT2D eigenvalue weighted by molar-refractivity contribution is 5.72. The lowest BCUT2D eigenvalue weighted by molar-refractivity contribution is -0.139. The summed E-state index contributed by atoms with van der Waals surface area (Å²) in [4.78, 5) is 22.9. The van der Waals surface area contributed by atoms with Gasteiger partial charge < -0.3 is 19.9 Å². The van der Waals surface area contributed by atoms with Gasteiger partial charge >= 0.3 is 12.1 Å². The van der Waals surface area contributed by atoms with Crippen molar-refractivity contribution in [3.05, 3.63) is 0 Å². The third-order valence-corrected chi connectivity index (χ3v) is 2.71. The number of nitrogens with one attached hydrogen (secondary N) is 1. The van der Waals surface area contributed by atoms with Crippen molar-refractivity contribution in [1.29, 1.82) is 0 Å². The van der Waals surface area contributed by atoms with Crippen molar-refractivity contribution in [2.24, 2.45) is 0 Å². The van der Waals surface area contributed by atoms with Gasteiger partial charge in [-0.1, -0.05) is 0 Å². The van der Waals surface area contributed by atoms with E-state index in [-0.39, 0.29) is 6.42 Å². The fraction of sp³-hybridized carbons (Fsp3) is 0.857. The predicted molar refractivity (Wildman–Crippen MR) is 75.7 cm³/mol. The van der Waals surface area contributed by atoms with Crippen LogP contribution in [0.2, 0.25) is 0 Å². The average molecular weight is 289 g/mol. The van der Waals surface area contributed by atoms with Gasteiger partial charge in [0.05, 0.1) is 17.6 Å². The molecule has 0 aromatic rings. The normalized spacial score (nSPS) is 15.3. The number of carboxylic acid groups (broad SMARTS) is 1. The molecule has 20 heavy (non-hydrogen) atoms. The zero-order valence-electron chi connectivity index (χ0n) is 13.5. The van der Waals surface area contributed by atoms with Gasteiger partial charge in [-0.25, -0.2) is 4.79 Å². The molecule has 6 heteroatoms. The maximum absolute atomic E-state index is 11.9. The van der Waals surface area contributed by atoms with Crippen LogP contribution in [0.5, 0.6) is 0 Å². The van der Waals surface area contributed by atoms with Crippen LogP contribution in [0.15, 0.2) is 0 Å². The largest absolute Gasteiger partial charge is 0.481 e. The van der Waals surface area contributed by atoms with Crippen LogP contribution in [0.3, 0.4) is 0 Å². The van der Waals surface area contributed by atoms with Crippen LogP contribution in [0, 0.1) is 0 Å². The number of aliphatic carboxylic acids is 1. The molecule has 2 N–H and O–H groups in total. The van der Waals surface area contributed by atoms with Gasteiger partial charge in [-0.15, -0.1) is 0 Å². The average Bonchev–Trinajstić information content (AvgIpc) is 2.10. The predicted octanol–water partition coefficient (Wildman–Crippen LogP) is 2.56. The van der Waals surface area contributed by atoms with Crippen LogP contribution in [0.25, 0.3) is 0 Å². The van der Waals surface area contributed by atoms with E-state index in [2.05, 4.69) is 5.32 Å². The fourth-order valence-corrected chi connectivity index (χ4v) is 2.05. The van der Waals surface area contributed by atoms with Gasteiger partial charge in [0.1, 0.15) is 5.60 Å². The molecule has 0 saturated carbocycles. The number of hydrogen-bond acceptors (Lipinski definition) is 4. The van der Waals surface area contributed by atoms with Crippen molar-refractivity contribution in [2.75, 3.05) is 7.11 Å². The lowest BCUT2D eigenvalue weighted by atomic mass is 9.85. The molecule has 1 unspecified atom stereocenters. The Morgan fingerprint density at radius 1 is 1.10 bits per heavy atom. The number of methoxy groups -OCH3 is 1. The monoisotopic (exact) mass is 289 g/mol. The van der Waals surface area contributed by atoms with E-state index in [0.29, 0.717) is 6.42 Å². The zero-order valence-corrected chi connectivity index (χ0v) is 13.5. The van der Waals surface area contributed by atoms with Gasteiger partial charge in [0.25, 0.3) is 0 Å². The summed E-state index contributed by atoms with van der Waals surface area (Å²) in [6, 6.07) is 0. The van der Waals surface area contributed by atoms with Crippen LogP contribution in [-0.4, -0.2) is 41.0 Å². The summed E-state index contributed by atoms with van der Waals surface area (Å²) in [5.74, 6) is -0.990. The second-order valence-electron chi connectivity index (χ2n) is 6.90. The first-order valence-electron chi connectivity index (χ1n) is 6.57. The summed E-state index contributed by atoms with van der Waals surface area (Å²) in [5.41, 5.74) is -2.14. The van der Waals surface area contributed by atoms with Crippen molar-refractivity contribution in [3.63, 3.8) is 0 Å². The fourth-order valence-electron chi connectivity index (χ4n) is 2.05. The van der Waals surface area contributed by atoms with Crippen molar-refractivity contribution < 1.29 is 24.2 Å². The van der Waals surface area contributed by atoms with Crippen LogP contribution >= 0.6 is 0 Å². The summed E-state index contributed by atoms with van der Waals surface area (Å²) in [5, 5.41) is 11.7. The molecule has 0 heterocycles. The number of alkyl carbamates (subject to hydrolysis) is 1. The Bertz CT molecular complexity index is 359. The topological polar surface area (TPSA) is 84.9 Å². The number of hydrogen-bond donors (Lipinski definition) is 2. The molecule has 0 rings (SSSR count). The van der Waals surface area contributed by atoms with Gasteiger partial charge in [-0.3, -0.25) is 4.79 Å². The lowest BCUT2D eigenvalue weighted by Gasteiger charge is -2.36. The van der Waals surface area contributed by atoms with E-state index in [9.17, 15) is 9.59 Å². The SMILES string of the molecule is COC(C)(C)CC(C)(CC(=O)O)NC(=O)OC(C)(C)C. The standard InChI is InChI=1S/C14H27NO5/c1-12(2,3)20-11(18)15-14(6,8-10(16)17)9-13(4,5)19-7/h8-9H2,1-7H3,(H,15,18)(H,16,17). The Hall–Kier alpha value is -1.30. The van der Waals surface area contributed by atoms with E-state index < -0.39 is 28.8 Å². The maximum atomic E-state index is 11.9. The molecule has 0 saturated heterocycles. The molecule has 1 atom stereocenters. The first-order chi connectivity index (χ1) is 8.79. The number of carbonyl (C=O) groups is 2. The second kappa shape index (κ2) is 6.43. The first kappa shape index (κ1) is 18.7. The number of carboxylic acids is 1. The Kier molecular flexibility index (Phi) is 6.02.